The Morgan fingerprint density at radius 3 is 2.31 bits per heavy atom. The Kier molecular flexibility index (Phi) is 6.08. The van der Waals surface area contributed by atoms with Gasteiger partial charge in [-0.3, -0.25) is 9.10 Å². The van der Waals surface area contributed by atoms with Crippen molar-refractivity contribution in [2.45, 2.75) is 33.2 Å². The summed E-state index contributed by atoms with van der Waals surface area (Å²) in [5.41, 5.74) is 3.99. The highest BCUT2D eigenvalue weighted by atomic mass is 32.2. The Bertz CT molecular complexity index is 890. The van der Waals surface area contributed by atoms with Crippen LogP contribution in [0.1, 0.15) is 46.9 Å². The molecule has 0 heterocycles. The fourth-order valence-corrected chi connectivity index (χ4v) is 3.23. The van der Waals surface area contributed by atoms with Gasteiger partial charge in [-0.15, -0.1) is 0 Å². The largest absolute Gasteiger partial charge is 0.346 e. The van der Waals surface area contributed by atoms with Crippen LogP contribution in [0.2, 0.25) is 0 Å². The van der Waals surface area contributed by atoms with Gasteiger partial charge in [0.25, 0.3) is 5.91 Å². The van der Waals surface area contributed by atoms with Gasteiger partial charge in [-0.1, -0.05) is 37.3 Å². The molecule has 1 amide bonds. The Morgan fingerprint density at radius 1 is 1.15 bits per heavy atom. The third-order valence-electron chi connectivity index (χ3n) is 4.54. The molecule has 1 N–H and O–H groups in total. The summed E-state index contributed by atoms with van der Waals surface area (Å²) >= 11 is 0. The number of aryl methyl sites for hydroxylation is 2. The zero-order chi connectivity index (χ0) is 19.5. The lowest BCUT2D eigenvalue weighted by atomic mass is 10.0. The number of hydrogen-bond acceptors (Lipinski definition) is 3. The molecule has 1 atom stereocenters. The van der Waals surface area contributed by atoms with Crippen LogP contribution in [0.4, 0.5) is 5.69 Å². The molecule has 140 valence electrons. The lowest BCUT2D eigenvalue weighted by molar-refractivity contribution is 0.0940. The van der Waals surface area contributed by atoms with E-state index in [1.165, 1.54) is 16.9 Å². The highest BCUT2D eigenvalue weighted by Gasteiger charge is 2.17. The minimum Gasteiger partial charge on any atom is -0.346 e. The number of hydrogen-bond donors (Lipinski definition) is 1. The van der Waals surface area contributed by atoms with Crippen LogP contribution in [0.3, 0.4) is 0 Å². The minimum atomic E-state index is -3.39. The van der Waals surface area contributed by atoms with Gasteiger partial charge in [0, 0.05) is 12.6 Å². The Morgan fingerprint density at radius 2 is 1.77 bits per heavy atom. The molecule has 0 radical (unpaired) electrons. The fraction of sp³-hybridized carbons (Fsp3) is 0.350. The smallest absolute Gasteiger partial charge is 0.251 e. The van der Waals surface area contributed by atoms with E-state index in [4.69, 9.17) is 0 Å². The van der Waals surface area contributed by atoms with Gasteiger partial charge in [0.15, 0.2) is 0 Å². The maximum Gasteiger partial charge on any atom is 0.251 e. The molecular weight excluding hydrogens is 348 g/mol. The van der Waals surface area contributed by atoms with Gasteiger partial charge in [0.2, 0.25) is 10.0 Å². The summed E-state index contributed by atoms with van der Waals surface area (Å²) in [6.07, 6.45) is 2.11. The zero-order valence-electron chi connectivity index (χ0n) is 15.9. The van der Waals surface area contributed by atoms with E-state index in [-0.39, 0.29) is 11.9 Å². The minimum absolute atomic E-state index is 0.147. The second-order valence-electron chi connectivity index (χ2n) is 6.52. The number of nitrogens with one attached hydrogen (secondary N) is 1. The summed E-state index contributed by atoms with van der Waals surface area (Å²) in [4.78, 5) is 12.6. The number of anilines is 1. The molecule has 0 saturated heterocycles. The molecule has 0 spiro atoms. The van der Waals surface area contributed by atoms with Crippen LogP contribution in [0.25, 0.3) is 0 Å². The maximum atomic E-state index is 12.6. The van der Waals surface area contributed by atoms with E-state index in [0.29, 0.717) is 11.3 Å². The van der Waals surface area contributed by atoms with Gasteiger partial charge in [0.05, 0.1) is 18.0 Å². The highest BCUT2D eigenvalue weighted by Crippen LogP contribution is 2.23. The van der Waals surface area contributed by atoms with Crippen LogP contribution >= 0.6 is 0 Å². The van der Waals surface area contributed by atoms with Gasteiger partial charge in [0.1, 0.15) is 0 Å². The molecule has 0 bridgehead atoms. The second-order valence-corrected chi connectivity index (χ2v) is 8.54. The molecule has 5 nitrogen and oxygen atoms in total. The van der Waals surface area contributed by atoms with Crippen molar-refractivity contribution in [2.75, 3.05) is 17.6 Å². The summed E-state index contributed by atoms with van der Waals surface area (Å²) in [5, 5.41) is 2.97. The van der Waals surface area contributed by atoms with Crippen molar-refractivity contribution < 1.29 is 13.2 Å². The van der Waals surface area contributed by atoms with Crippen LogP contribution < -0.4 is 9.62 Å². The van der Waals surface area contributed by atoms with Gasteiger partial charge < -0.3 is 5.32 Å². The first kappa shape index (κ1) is 20.0. The number of carbonyl (C=O) groups is 1. The molecule has 0 fully saturated rings. The van der Waals surface area contributed by atoms with Crippen molar-refractivity contribution in [3.63, 3.8) is 0 Å². The molecule has 26 heavy (non-hydrogen) atoms. The first-order valence-corrected chi connectivity index (χ1v) is 10.4. The van der Waals surface area contributed by atoms with Crippen molar-refractivity contribution in [3.8, 4) is 0 Å². The van der Waals surface area contributed by atoms with Crippen molar-refractivity contribution in [1.29, 1.82) is 0 Å². The molecule has 6 heteroatoms. The third-order valence-corrected chi connectivity index (χ3v) is 5.74. The number of sulfonamides is 1. The van der Waals surface area contributed by atoms with Gasteiger partial charge >= 0.3 is 0 Å². The molecule has 0 aromatic heterocycles. The predicted octanol–water partition coefficient (Wildman–Crippen LogP) is 3.44. The SMILES string of the molecule is CCc1ccc(C(C)NC(=O)c2ccc(C)c(N(C)S(C)(=O)=O)c2)cc1. The standard InChI is InChI=1S/C20H26N2O3S/c1-6-16-8-11-17(12-9-16)15(3)21-20(23)18-10-7-14(2)19(13-18)22(4)26(5,24)25/h7-13,15H,6H2,1-5H3,(H,21,23). The van der Waals surface area contributed by atoms with E-state index in [0.717, 1.165) is 23.8 Å². The fourth-order valence-electron chi connectivity index (χ4n) is 2.67. The Balaban J connectivity index is 2.21. The number of nitrogens with zero attached hydrogens (tertiary/aromatic N) is 1. The zero-order valence-corrected chi connectivity index (χ0v) is 16.7. The molecule has 0 aliphatic rings. The molecule has 1 unspecified atom stereocenters. The summed E-state index contributed by atoms with van der Waals surface area (Å²) in [5.74, 6) is -0.236. The number of benzene rings is 2. The van der Waals surface area contributed by atoms with E-state index in [1.807, 2.05) is 26.0 Å². The van der Waals surface area contributed by atoms with E-state index in [9.17, 15) is 13.2 Å². The molecule has 2 aromatic carbocycles. The number of carbonyl (C=O) groups excluding carboxylic acids is 1. The van der Waals surface area contributed by atoms with Crippen molar-refractivity contribution in [2.24, 2.45) is 0 Å². The molecule has 0 aliphatic heterocycles. The van der Waals surface area contributed by atoms with Crippen molar-refractivity contribution >= 4 is 21.6 Å². The van der Waals surface area contributed by atoms with Crippen LogP contribution in [-0.4, -0.2) is 27.6 Å². The summed E-state index contributed by atoms with van der Waals surface area (Å²) in [7, 11) is -1.91. The first-order chi connectivity index (χ1) is 12.1. The van der Waals surface area contributed by atoms with Crippen LogP contribution in [0.5, 0.6) is 0 Å². The van der Waals surface area contributed by atoms with Crippen molar-refractivity contribution in [3.05, 3.63) is 64.7 Å². The van der Waals surface area contributed by atoms with Crippen LogP contribution in [0.15, 0.2) is 42.5 Å². The van der Waals surface area contributed by atoms with E-state index < -0.39 is 10.0 Å². The monoisotopic (exact) mass is 374 g/mol. The normalized spacial score (nSPS) is 12.5. The maximum absolute atomic E-state index is 12.6. The quantitative estimate of drug-likeness (QED) is 0.842. The Hall–Kier alpha value is -2.34. The molecular formula is C20H26N2O3S. The lowest BCUT2D eigenvalue weighted by Gasteiger charge is -2.20. The number of rotatable bonds is 6. The first-order valence-electron chi connectivity index (χ1n) is 8.57. The summed E-state index contributed by atoms with van der Waals surface area (Å²) in [6, 6.07) is 13.1. The van der Waals surface area contributed by atoms with Crippen LogP contribution in [0, 0.1) is 6.92 Å². The van der Waals surface area contributed by atoms with Crippen molar-refractivity contribution in [1.82, 2.24) is 5.32 Å². The van der Waals surface area contributed by atoms with Gasteiger partial charge in [-0.25, -0.2) is 8.42 Å². The molecule has 0 saturated carbocycles. The summed E-state index contributed by atoms with van der Waals surface area (Å²) < 4.78 is 24.8. The summed E-state index contributed by atoms with van der Waals surface area (Å²) in [6.45, 7) is 5.84. The second kappa shape index (κ2) is 7.91. The molecule has 2 aromatic rings. The predicted molar refractivity (Wildman–Crippen MR) is 106 cm³/mol. The highest BCUT2D eigenvalue weighted by molar-refractivity contribution is 7.92. The average Bonchev–Trinajstić information content (AvgIpc) is 2.60. The van der Waals surface area contributed by atoms with Gasteiger partial charge in [-0.2, -0.15) is 0 Å². The Labute approximate surface area is 156 Å². The third kappa shape index (κ3) is 4.64. The topological polar surface area (TPSA) is 66.5 Å². The lowest BCUT2D eigenvalue weighted by Crippen LogP contribution is -2.28. The van der Waals surface area contributed by atoms with E-state index >= 15 is 0 Å². The molecule has 0 aliphatic carbocycles. The average molecular weight is 375 g/mol. The van der Waals surface area contributed by atoms with E-state index in [2.05, 4.69) is 24.4 Å². The molecule has 2 rings (SSSR count). The van der Waals surface area contributed by atoms with Gasteiger partial charge in [-0.05, 0) is 49.1 Å². The van der Waals surface area contributed by atoms with E-state index in [1.54, 1.807) is 18.2 Å². The number of amides is 1. The van der Waals surface area contributed by atoms with Crippen LogP contribution in [-0.2, 0) is 16.4 Å².